The molecule has 2 heterocycles. The number of nitrogens with zero attached hydrogens (tertiary/aromatic N) is 3. The summed E-state index contributed by atoms with van der Waals surface area (Å²) in [6, 6.07) is 9.80. The Balaban J connectivity index is 1.41. The van der Waals surface area contributed by atoms with Crippen molar-refractivity contribution in [2.45, 2.75) is 43.8 Å². The molecular weight excluding hydrogens is 384 g/mol. The van der Waals surface area contributed by atoms with Crippen LogP contribution in [0.15, 0.2) is 29.2 Å². The van der Waals surface area contributed by atoms with Crippen molar-refractivity contribution in [3.05, 3.63) is 24.3 Å². The Morgan fingerprint density at radius 3 is 2.59 bits per heavy atom. The van der Waals surface area contributed by atoms with Crippen molar-refractivity contribution in [1.29, 1.82) is 5.26 Å². The molecule has 0 bridgehead atoms. The van der Waals surface area contributed by atoms with Gasteiger partial charge in [-0.05, 0) is 57.8 Å². The number of anilines is 1. The third-order valence-electron chi connectivity index (χ3n) is 5.54. The zero-order valence-corrected chi connectivity index (χ0v) is 18.3. The standard InChI is InChI=1S/C22H32N4O2S/c1-17-13-26(14-18(2)28-17)15-19-7-10-25(11-8-19)16-22(27)24-20-5-3-4-6-21(20)29-12-9-23/h3-6,17-19H,7-8,10-16H2,1-2H3,(H,24,27). The highest BCUT2D eigenvalue weighted by Crippen LogP contribution is 2.27. The molecule has 0 radical (unpaired) electrons. The van der Waals surface area contributed by atoms with Crippen LogP contribution in [0.25, 0.3) is 0 Å². The van der Waals surface area contributed by atoms with E-state index in [4.69, 9.17) is 10.00 Å². The normalized spacial score (nSPS) is 24.2. The van der Waals surface area contributed by atoms with E-state index in [1.165, 1.54) is 11.8 Å². The topological polar surface area (TPSA) is 68.6 Å². The molecule has 2 aliphatic heterocycles. The Hall–Kier alpha value is -1.59. The number of carbonyl (C=O) groups is 1. The summed E-state index contributed by atoms with van der Waals surface area (Å²) in [5.74, 6) is 1.10. The van der Waals surface area contributed by atoms with E-state index in [0.29, 0.717) is 30.4 Å². The minimum absolute atomic E-state index is 0.0179. The number of amides is 1. The fraction of sp³-hybridized carbons (Fsp3) is 0.636. The smallest absolute Gasteiger partial charge is 0.238 e. The fourth-order valence-corrected chi connectivity index (χ4v) is 4.99. The van der Waals surface area contributed by atoms with Crippen LogP contribution in [0, 0.1) is 17.2 Å². The number of morpholine rings is 1. The van der Waals surface area contributed by atoms with Gasteiger partial charge in [-0.3, -0.25) is 14.6 Å². The van der Waals surface area contributed by atoms with Gasteiger partial charge in [-0.1, -0.05) is 12.1 Å². The van der Waals surface area contributed by atoms with Gasteiger partial charge in [-0.15, -0.1) is 11.8 Å². The predicted octanol–water partition coefficient (Wildman–Crippen LogP) is 3.06. The molecule has 2 atom stereocenters. The van der Waals surface area contributed by atoms with Crippen LogP contribution in [0.3, 0.4) is 0 Å². The SMILES string of the molecule is CC1CN(CC2CCN(CC(=O)Nc3ccccc3SCC#N)CC2)CC(C)O1. The van der Waals surface area contributed by atoms with Gasteiger partial charge < -0.3 is 10.1 Å². The zero-order chi connectivity index (χ0) is 20.6. The minimum atomic E-state index is 0.0179. The molecule has 0 spiro atoms. The summed E-state index contributed by atoms with van der Waals surface area (Å²) < 4.78 is 5.83. The van der Waals surface area contributed by atoms with Crippen molar-refractivity contribution in [2.75, 3.05) is 50.3 Å². The van der Waals surface area contributed by atoms with Crippen molar-refractivity contribution in [3.8, 4) is 6.07 Å². The first-order valence-electron chi connectivity index (χ1n) is 10.5. The van der Waals surface area contributed by atoms with Crippen LogP contribution in [0.2, 0.25) is 0 Å². The third-order valence-corrected chi connectivity index (χ3v) is 6.48. The second-order valence-electron chi connectivity index (χ2n) is 8.19. The Bertz CT molecular complexity index is 705. The first kappa shape index (κ1) is 22.1. The lowest BCUT2D eigenvalue weighted by Crippen LogP contribution is -2.48. The fourth-order valence-electron chi connectivity index (χ4n) is 4.32. The lowest BCUT2D eigenvalue weighted by atomic mass is 9.95. The maximum Gasteiger partial charge on any atom is 0.238 e. The number of ether oxygens (including phenoxy) is 1. The second kappa shape index (κ2) is 11.0. The van der Waals surface area contributed by atoms with Gasteiger partial charge in [0.25, 0.3) is 0 Å². The first-order chi connectivity index (χ1) is 14.0. The van der Waals surface area contributed by atoms with Crippen LogP contribution in [-0.4, -0.2) is 72.9 Å². The van der Waals surface area contributed by atoms with Crippen LogP contribution < -0.4 is 5.32 Å². The number of rotatable bonds is 7. The van der Waals surface area contributed by atoms with Gasteiger partial charge in [0.2, 0.25) is 5.91 Å². The quantitative estimate of drug-likeness (QED) is 0.689. The number of benzene rings is 1. The number of nitrogens with one attached hydrogen (secondary N) is 1. The molecule has 0 aliphatic carbocycles. The number of hydrogen-bond donors (Lipinski definition) is 1. The summed E-state index contributed by atoms with van der Waals surface area (Å²) in [5, 5.41) is 11.8. The first-order valence-corrected chi connectivity index (χ1v) is 11.5. The van der Waals surface area contributed by atoms with Gasteiger partial charge in [0.15, 0.2) is 0 Å². The molecule has 0 aromatic heterocycles. The van der Waals surface area contributed by atoms with E-state index in [-0.39, 0.29) is 5.91 Å². The van der Waals surface area contributed by atoms with Gasteiger partial charge in [0.1, 0.15) is 0 Å². The molecule has 158 valence electrons. The number of piperidine rings is 1. The number of thioether (sulfide) groups is 1. The largest absolute Gasteiger partial charge is 0.373 e. The van der Waals surface area contributed by atoms with E-state index in [0.717, 1.165) is 56.1 Å². The van der Waals surface area contributed by atoms with Crippen LogP contribution in [0.1, 0.15) is 26.7 Å². The maximum absolute atomic E-state index is 12.5. The van der Waals surface area contributed by atoms with E-state index in [2.05, 4.69) is 35.0 Å². The highest BCUT2D eigenvalue weighted by atomic mass is 32.2. The maximum atomic E-state index is 12.5. The summed E-state index contributed by atoms with van der Waals surface area (Å²) in [6.45, 7) is 9.86. The van der Waals surface area contributed by atoms with Crippen molar-refractivity contribution < 1.29 is 9.53 Å². The molecule has 1 N–H and O–H groups in total. The van der Waals surface area contributed by atoms with Gasteiger partial charge in [0.05, 0.1) is 36.3 Å². The number of nitriles is 1. The zero-order valence-electron chi connectivity index (χ0n) is 17.5. The summed E-state index contributed by atoms with van der Waals surface area (Å²) in [5.41, 5.74) is 0.795. The van der Waals surface area contributed by atoms with Gasteiger partial charge >= 0.3 is 0 Å². The summed E-state index contributed by atoms with van der Waals surface area (Å²) in [7, 11) is 0. The van der Waals surface area contributed by atoms with Crippen LogP contribution in [0.4, 0.5) is 5.69 Å². The number of carbonyl (C=O) groups excluding carboxylic acids is 1. The number of hydrogen-bond acceptors (Lipinski definition) is 6. The Labute approximate surface area is 178 Å². The van der Waals surface area contributed by atoms with E-state index in [9.17, 15) is 4.79 Å². The predicted molar refractivity (Wildman–Crippen MR) is 117 cm³/mol. The van der Waals surface area contributed by atoms with E-state index >= 15 is 0 Å². The van der Waals surface area contributed by atoms with Gasteiger partial charge in [0, 0.05) is 24.5 Å². The summed E-state index contributed by atoms with van der Waals surface area (Å²) >= 11 is 1.45. The molecule has 7 heteroatoms. The van der Waals surface area contributed by atoms with E-state index < -0.39 is 0 Å². The lowest BCUT2D eigenvalue weighted by Gasteiger charge is -2.39. The Morgan fingerprint density at radius 2 is 1.90 bits per heavy atom. The molecule has 2 unspecified atom stereocenters. The monoisotopic (exact) mass is 416 g/mol. The van der Waals surface area contributed by atoms with Crippen molar-refractivity contribution >= 4 is 23.4 Å². The lowest BCUT2D eigenvalue weighted by molar-refractivity contribution is -0.117. The van der Waals surface area contributed by atoms with Gasteiger partial charge in [-0.2, -0.15) is 5.26 Å². The molecule has 1 aromatic rings. The molecular formula is C22H32N4O2S. The molecule has 1 amide bonds. The molecule has 6 nitrogen and oxygen atoms in total. The third kappa shape index (κ3) is 7.00. The van der Waals surface area contributed by atoms with Gasteiger partial charge in [-0.25, -0.2) is 0 Å². The van der Waals surface area contributed by atoms with E-state index in [1.54, 1.807) is 0 Å². The highest BCUT2D eigenvalue weighted by Gasteiger charge is 2.27. The average molecular weight is 417 g/mol. The van der Waals surface area contributed by atoms with Crippen molar-refractivity contribution in [2.24, 2.45) is 5.92 Å². The molecule has 2 fully saturated rings. The van der Waals surface area contributed by atoms with Crippen molar-refractivity contribution in [3.63, 3.8) is 0 Å². The highest BCUT2D eigenvalue weighted by molar-refractivity contribution is 7.99. The molecule has 3 rings (SSSR count). The molecule has 1 aromatic carbocycles. The molecule has 2 saturated heterocycles. The number of likely N-dealkylation sites (tertiary alicyclic amines) is 1. The Kier molecular flexibility index (Phi) is 8.37. The molecule has 0 saturated carbocycles. The number of para-hydroxylation sites is 1. The summed E-state index contributed by atoms with van der Waals surface area (Å²) in [6.07, 6.45) is 2.91. The van der Waals surface area contributed by atoms with Crippen molar-refractivity contribution in [1.82, 2.24) is 9.80 Å². The van der Waals surface area contributed by atoms with Crippen LogP contribution in [-0.2, 0) is 9.53 Å². The molecule has 2 aliphatic rings. The minimum Gasteiger partial charge on any atom is -0.373 e. The molecule has 29 heavy (non-hydrogen) atoms. The second-order valence-corrected chi connectivity index (χ2v) is 9.20. The van der Waals surface area contributed by atoms with Crippen LogP contribution in [0.5, 0.6) is 0 Å². The van der Waals surface area contributed by atoms with E-state index in [1.807, 2.05) is 24.3 Å². The van der Waals surface area contributed by atoms with Crippen LogP contribution >= 0.6 is 11.8 Å². The summed E-state index contributed by atoms with van der Waals surface area (Å²) in [4.78, 5) is 18.3. The Morgan fingerprint density at radius 1 is 1.21 bits per heavy atom. The average Bonchev–Trinajstić information content (AvgIpc) is 2.68.